The van der Waals surface area contributed by atoms with Gasteiger partial charge < -0.3 is 9.47 Å². The smallest absolute Gasteiger partial charge is 0.384 e. The minimum Gasteiger partial charge on any atom is -0.481 e. The van der Waals surface area contributed by atoms with E-state index in [0.717, 1.165) is 7.11 Å². The first-order valence-electron chi connectivity index (χ1n) is 4.38. The Morgan fingerprint density at radius 1 is 1.47 bits per heavy atom. The molecule has 0 spiro atoms. The first-order valence-corrected chi connectivity index (χ1v) is 4.38. The lowest BCUT2D eigenvalue weighted by Gasteiger charge is -1.99. The zero-order chi connectivity index (χ0) is 12.8. The van der Waals surface area contributed by atoms with Crippen LogP contribution in [-0.4, -0.2) is 30.1 Å². The summed E-state index contributed by atoms with van der Waals surface area (Å²) in [6, 6.07) is 2.54. The van der Waals surface area contributed by atoms with Gasteiger partial charge in [0.15, 0.2) is 5.69 Å². The van der Waals surface area contributed by atoms with Gasteiger partial charge in [-0.15, -0.1) is 0 Å². The molecule has 1 heterocycles. The van der Waals surface area contributed by atoms with Crippen LogP contribution in [0.4, 0.5) is 5.69 Å². The van der Waals surface area contributed by atoms with E-state index in [1.807, 2.05) is 0 Å². The molecule has 0 amide bonds. The molecule has 17 heavy (non-hydrogen) atoms. The van der Waals surface area contributed by atoms with Gasteiger partial charge in [-0.2, -0.15) is 4.98 Å². The summed E-state index contributed by atoms with van der Waals surface area (Å²) in [5.74, 6) is 3.69. The summed E-state index contributed by atoms with van der Waals surface area (Å²) in [4.78, 5) is 24.6. The van der Waals surface area contributed by atoms with Gasteiger partial charge in [0, 0.05) is 18.1 Å². The van der Waals surface area contributed by atoms with Crippen LogP contribution in [0.2, 0.25) is 0 Å². The van der Waals surface area contributed by atoms with Crippen molar-refractivity contribution >= 4 is 11.7 Å². The lowest BCUT2D eigenvalue weighted by molar-refractivity contribution is -0.385. The van der Waals surface area contributed by atoms with E-state index < -0.39 is 10.9 Å². The SMILES string of the molecule is COC(=O)C#Cc1nc(OC)ccc1[N+](=O)[O-]. The van der Waals surface area contributed by atoms with Crippen LogP contribution in [0.5, 0.6) is 5.88 Å². The molecule has 0 aliphatic heterocycles. The summed E-state index contributed by atoms with van der Waals surface area (Å²) in [5, 5.41) is 10.7. The Morgan fingerprint density at radius 3 is 2.71 bits per heavy atom. The van der Waals surface area contributed by atoms with Gasteiger partial charge in [-0.25, -0.2) is 4.79 Å². The molecule has 0 aromatic carbocycles. The fourth-order valence-corrected chi connectivity index (χ4v) is 0.948. The van der Waals surface area contributed by atoms with Crippen molar-refractivity contribution in [3.63, 3.8) is 0 Å². The van der Waals surface area contributed by atoms with Crippen molar-refractivity contribution in [2.24, 2.45) is 0 Å². The molecule has 0 N–H and O–H groups in total. The lowest BCUT2D eigenvalue weighted by Crippen LogP contribution is -1.99. The maximum absolute atomic E-state index is 10.8. The van der Waals surface area contributed by atoms with Crippen molar-refractivity contribution in [2.45, 2.75) is 0 Å². The van der Waals surface area contributed by atoms with Gasteiger partial charge in [0.2, 0.25) is 5.88 Å². The predicted octanol–water partition coefficient (Wildman–Crippen LogP) is 0.523. The number of hydrogen-bond acceptors (Lipinski definition) is 6. The van der Waals surface area contributed by atoms with Crippen LogP contribution < -0.4 is 4.74 Å². The first-order chi connectivity index (χ1) is 8.08. The van der Waals surface area contributed by atoms with Crippen molar-refractivity contribution in [3.05, 3.63) is 27.9 Å². The Hall–Kier alpha value is -2.62. The van der Waals surface area contributed by atoms with Crippen molar-refractivity contribution in [1.29, 1.82) is 0 Å². The number of ether oxygens (including phenoxy) is 2. The Kier molecular flexibility index (Phi) is 4.00. The fourth-order valence-electron chi connectivity index (χ4n) is 0.948. The van der Waals surface area contributed by atoms with E-state index in [0.29, 0.717) is 0 Å². The quantitative estimate of drug-likeness (QED) is 0.322. The highest BCUT2D eigenvalue weighted by Gasteiger charge is 2.14. The monoisotopic (exact) mass is 236 g/mol. The topological polar surface area (TPSA) is 91.6 Å². The third kappa shape index (κ3) is 3.17. The van der Waals surface area contributed by atoms with Crippen LogP contribution in [0, 0.1) is 22.0 Å². The maximum Gasteiger partial charge on any atom is 0.384 e. The molecule has 0 saturated carbocycles. The van der Waals surface area contributed by atoms with E-state index in [9.17, 15) is 14.9 Å². The highest BCUT2D eigenvalue weighted by molar-refractivity contribution is 5.89. The molecule has 0 aliphatic rings. The van der Waals surface area contributed by atoms with E-state index in [-0.39, 0.29) is 17.3 Å². The predicted molar refractivity (Wildman–Crippen MR) is 56.3 cm³/mol. The van der Waals surface area contributed by atoms with E-state index in [2.05, 4.69) is 21.6 Å². The van der Waals surface area contributed by atoms with Gasteiger partial charge in [0.25, 0.3) is 0 Å². The van der Waals surface area contributed by atoms with Crippen LogP contribution in [0.1, 0.15) is 5.69 Å². The second kappa shape index (κ2) is 5.46. The molecule has 0 unspecified atom stereocenters. The standard InChI is InChI=1S/C10H8N2O5/c1-16-9-5-4-8(12(14)15)7(11-9)3-6-10(13)17-2/h4-5H,1-2H3. The molecule has 0 saturated heterocycles. The number of nitro groups is 1. The summed E-state index contributed by atoms with van der Waals surface area (Å²) in [6.07, 6.45) is 0. The summed E-state index contributed by atoms with van der Waals surface area (Å²) in [5.41, 5.74) is -0.457. The number of esters is 1. The van der Waals surface area contributed by atoms with E-state index in [1.54, 1.807) is 0 Å². The molecule has 7 nitrogen and oxygen atoms in total. The Balaban J connectivity index is 3.21. The molecule has 1 aromatic rings. The Morgan fingerprint density at radius 2 is 2.18 bits per heavy atom. The molecule has 0 atom stereocenters. The number of methoxy groups -OCH3 is 2. The van der Waals surface area contributed by atoms with Crippen LogP contribution in [0.15, 0.2) is 12.1 Å². The molecule has 1 rings (SSSR count). The summed E-state index contributed by atoms with van der Waals surface area (Å²) in [7, 11) is 2.52. The van der Waals surface area contributed by atoms with E-state index in [1.165, 1.54) is 19.2 Å². The molecule has 88 valence electrons. The molecular formula is C10H8N2O5. The molecular weight excluding hydrogens is 228 g/mol. The largest absolute Gasteiger partial charge is 0.481 e. The second-order valence-electron chi connectivity index (χ2n) is 2.72. The Bertz CT molecular complexity index is 515. The van der Waals surface area contributed by atoms with E-state index in [4.69, 9.17) is 4.74 Å². The number of hydrogen-bond donors (Lipinski definition) is 0. The minimum atomic E-state index is -0.802. The average molecular weight is 236 g/mol. The van der Waals surface area contributed by atoms with Gasteiger partial charge in [0.05, 0.1) is 19.1 Å². The summed E-state index contributed by atoms with van der Waals surface area (Å²) >= 11 is 0. The number of nitrogens with zero attached hydrogens (tertiary/aromatic N) is 2. The molecule has 0 aliphatic carbocycles. The highest BCUT2D eigenvalue weighted by Crippen LogP contribution is 2.18. The van der Waals surface area contributed by atoms with Crippen molar-refractivity contribution in [2.75, 3.05) is 14.2 Å². The Labute approximate surface area is 96.5 Å². The van der Waals surface area contributed by atoms with Gasteiger partial charge in [-0.1, -0.05) is 0 Å². The zero-order valence-electron chi connectivity index (χ0n) is 9.09. The number of pyridine rings is 1. The summed E-state index contributed by atoms with van der Waals surface area (Å²) < 4.78 is 9.09. The molecule has 1 aromatic heterocycles. The van der Waals surface area contributed by atoms with Gasteiger partial charge >= 0.3 is 11.7 Å². The third-order valence-corrected chi connectivity index (χ3v) is 1.72. The molecule has 0 bridgehead atoms. The van der Waals surface area contributed by atoms with Crippen LogP contribution >= 0.6 is 0 Å². The zero-order valence-corrected chi connectivity index (χ0v) is 9.09. The number of rotatable bonds is 2. The number of carbonyl (C=O) groups is 1. The van der Waals surface area contributed by atoms with Crippen molar-refractivity contribution in [1.82, 2.24) is 4.98 Å². The normalized spacial score (nSPS) is 8.82. The van der Waals surface area contributed by atoms with E-state index >= 15 is 0 Å². The average Bonchev–Trinajstić information content (AvgIpc) is 2.35. The van der Waals surface area contributed by atoms with Crippen molar-refractivity contribution < 1.29 is 19.2 Å². The molecule has 0 fully saturated rings. The van der Waals surface area contributed by atoms with Gasteiger partial charge in [-0.05, 0) is 5.92 Å². The number of carbonyl (C=O) groups excluding carboxylic acids is 1. The van der Waals surface area contributed by atoms with Crippen LogP contribution in [0.25, 0.3) is 0 Å². The van der Waals surface area contributed by atoms with Crippen molar-refractivity contribution in [3.8, 4) is 17.7 Å². The third-order valence-electron chi connectivity index (χ3n) is 1.72. The fraction of sp³-hybridized carbons (Fsp3) is 0.200. The van der Waals surface area contributed by atoms with Crippen LogP contribution in [0.3, 0.4) is 0 Å². The lowest BCUT2D eigenvalue weighted by atomic mass is 10.3. The summed E-state index contributed by atoms with van der Waals surface area (Å²) in [6.45, 7) is 0. The number of aromatic nitrogens is 1. The van der Waals surface area contributed by atoms with Crippen LogP contribution in [-0.2, 0) is 9.53 Å². The second-order valence-corrected chi connectivity index (χ2v) is 2.72. The van der Waals surface area contributed by atoms with Gasteiger partial charge in [-0.3, -0.25) is 10.1 Å². The maximum atomic E-state index is 10.8. The highest BCUT2D eigenvalue weighted by atomic mass is 16.6. The minimum absolute atomic E-state index is 0.153. The molecule has 7 heteroatoms. The molecule has 0 radical (unpaired) electrons. The van der Waals surface area contributed by atoms with Gasteiger partial charge in [0.1, 0.15) is 0 Å². The first kappa shape index (κ1) is 12.4.